The second-order valence-electron chi connectivity index (χ2n) is 2.33. The van der Waals surface area contributed by atoms with Crippen molar-refractivity contribution in [3.05, 3.63) is 29.8 Å². The molecule has 0 spiro atoms. The predicted octanol–water partition coefficient (Wildman–Crippen LogP) is 2.17. The van der Waals surface area contributed by atoms with Gasteiger partial charge >= 0.3 is 0 Å². The van der Waals surface area contributed by atoms with Crippen molar-refractivity contribution in [3.63, 3.8) is 0 Å². The maximum Gasteiger partial charge on any atom is 0.119 e. The van der Waals surface area contributed by atoms with E-state index in [1.165, 1.54) is 5.56 Å². The van der Waals surface area contributed by atoms with Gasteiger partial charge < -0.3 is 4.74 Å². The minimum atomic E-state index is 0.882. The van der Waals surface area contributed by atoms with Crippen molar-refractivity contribution in [2.24, 2.45) is 0 Å². The monoisotopic (exact) mass is 168 g/mol. The maximum atomic E-state index is 5.08. The van der Waals surface area contributed by atoms with Crippen LogP contribution >= 0.6 is 12.6 Å². The van der Waals surface area contributed by atoms with Gasteiger partial charge in [0.05, 0.1) is 7.11 Å². The second kappa shape index (κ2) is 4.29. The number of thiol groups is 1. The first-order valence-electron chi connectivity index (χ1n) is 3.60. The lowest BCUT2D eigenvalue weighted by molar-refractivity contribution is 0.414. The lowest BCUT2D eigenvalue weighted by Gasteiger charge is -2.01. The van der Waals surface area contributed by atoms with E-state index in [1.807, 2.05) is 18.2 Å². The third-order valence-electron chi connectivity index (χ3n) is 1.53. The van der Waals surface area contributed by atoms with E-state index in [1.54, 1.807) is 7.11 Å². The minimum absolute atomic E-state index is 0.882. The molecule has 11 heavy (non-hydrogen) atoms. The van der Waals surface area contributed by atoms with Crippen LogP contribution in [0.4, 0.5) is 0 Å². The number of methoxy groups -OCH3 is 1. The molecule has 0 saturated carbocycles. The SMILES string of the molecule is COc1cccc(CCS)c1. The van der Waals surface area contributed by atoms with Crippen LogP contribution in [0, 0.1) is 0 Å². The van der Waals surface area contributed by atoms with Crippen molar-refractivity contribution in [1.29, 1.82) is 0 Å². The van der Waals surface area contributed by atoms with Crippen LogP contribution in [-0.2, 0) is 6.42 Å². The van der Waals surface area contributed by atoms with Crippen molar-refractivity contribution < 1.29 is 4.74 Å². The largest absolute Gasteiger partial charge is 0.497 e. The fourth-order valence-corrected chi connectivity index (χ4v) is 1.22. The Labute approximate surface area is 72.8 Å². The lowest BCUT2D eigenvalue weighted by Crippen LogP contribution is -1.87. The first-order valence-corrected chi connectivity index (χ1v) is 4.24. The van der Waals surface area contributed by atoms with Crippen molar-refractivity contribution >= 4 is 12.6 Å². The molecule has 2 heteroatoms. The highest BCUT2D eigenvalue weighted by Gasteiger charge is 1.92. The summed E-state index contributed by atoms with van der Waals surface area (Å²) < 4.78 is 5.08. The Morgan fingerprint density at radius 2 is 2.27 bits per heavy atom. The highest BCUT2D eigenvalue weighted by Crippen LogP contribution is 2.12. The standard InChI is InChI=1S/C9H12OS/c1-10-9-4-2-3-8(7-9)5-6-11/h2-4,7,11H,5-6H2,1H3. The molecule has 0 bridgehead atoms. The Kier molecular flexibility index (Phi) is 3.30. The fourth-order valence-electron chi connectivity index (χ4n) is 0.957. The van der Waals surface area contributed by atoms with E-state index in [2.05, 4.69) is 18.7 Å². The van der Waals surface area contributed by atoms with E-state index in [9.17, 15) is 0 Å². The predicted molar refractivity (Wildman–Crippen MR) is 50.6 cm³/mol. The topological polar surface area (TPSA) is 9.23 Å². The normalized spacial score (nSPS) is 9.64. The van der Waals surface area contributed by atoms with Crippen molar-refractivity contribution in [2.75, 3.05) is 12.9 Å². The number of hydrogen-bond donors (Lipinski definition) is 1. The van der Waals surface area contributed by atoms with Gasteiger partial charge in [-0.3, -0.25) is 0 Å². The Hall–Kier alpha value is -0.630. The van der Waals surface area contributed by atoms with E-state index < -0.39 is 0 Å². The summed E-state index contributed by atoms with van der Waals surface area (Å²) in [5.74, 6) is 1.80. The third kappa shape index (κ3) is 2.46. The van der Waals surface area contributed by atoms with Gasteiger partial charge in [0.15, 0.2) is 0 Å². The zero-order valence-electron chi connectivity index (χ0n) is 6.58. The Bertz CT molecular complexity index is 223. The Morgan fingerprint density at radius 3 is 2.91 bits per heavy atom. The van der Waals surface area contributed by atoms with E-state index in [4.69, 9.17) is 4.74 Å². The third-order valence-corrected chi connectivity index (χ3v) is 1.76. The van der Waals surface area contributed by atoms with E-state index in [-0.39, 0.29) is 0 Å². The Morgan fingerprint density at radius 1 is 1.45 bits per heavy atom. The van der Waals surface area contributed by atoms with Crippen LogP contribution in [0.3, 0.4) is 0 Å². The van der Waals surface area contributed by atoms with Crippen LogP contribution in [0.5, 0.6) is 5.75 Å². The zero-order chi connectivity index (χ0) is 8.10. The molecule has 1 nitrogen and oxygen atoms in total. The summed E-state index contributed by atoms with van der Waals surface area (Å²) in [6.45, 7) is 0. The average molecular weight is 168 g/mol. The highest BCUT2D eigenvalue weighted by molar-refractivity contribution is 7.80. The van der Waals surface area contributed by atoms with Gasteiger partial charge in [-0.05, 0) is 29.9 Å². The van der Waals surface area contributed by atoms with Crippen molar-refractivity contribution in [3.8, 4) is 5.75 Å². The van der Waals surface area contributed by atoms with Gasteiger partial charge in [0.25, 0.3) is 0 Å². The van der Waals surface area contributed by atoms with Crippen molar-refractivity contribution in [2.45, 2.75) is 6.42 Å². The number of ether oxygens (including phenoxy) is 1. The number of hydrogen-bond acceptors (Lipinski definition) is 2. The molecule has 1 aromatic carbocycles. The molecular weight excluding hydrogens is 156 g/mol. The Balaban J connectivity index is 2.74. The lowest BCUT2D eigenvalue weighted by atomic mass is 10.2. The molecule has 0 amide bonds. The fraction of sp³-hybridized carbons (Fsp3) is 0.333. The van der Waals surface area contributed by atoms with Crippen molar-refractivity contribution in [1.82, 2.24) is 0 Å². The van der Waals surface area contributed by atoms with Gasteiger partial charge in [0.1, 0.15) is 5.75 Å². The van der Waals surface area contributed by atoms with E-state index in [0.717, 1.165) is 17.9 Å². The van der Waals surface area contributed by atoms with Gasteiger partial charge in [0, 0.05) is 0 Å². The summed E-state index contributed by atoms with van der Waals surface area (Å²) in [5, 5.41) is 0. The van der Waals surface area contributed by atoms with Crippen LogP contribution < -0.4 is 4.74 Å². The number of benzene rings is 1. The molecule has 0 atom stereocenters. The number of aryl methyl sites for hydroxylation is 1. The molecular formula is C9H12OS. The molecule has 0 heterocycles. The van der Waals surface area contributed by atoms with Crippen LogP contribution in [0.25, 0.3) is 0 Å². The minimum Gasteiger partial charge on any atom is -0.497 e. The molecule has 1 aromatic rings. The average Bonchev–Trinajstić information content (AvgIpc) is 2.06. The summed E-state index contributed by atoms with van der Waals surface area (Å²) in [4.78, 5) is 0. The molecule has 0 saturated heterocycles. The summed E-state index contributed by atoms with van der Waals surface area (Å²) in [5.41, 5.74) is 1.28. The molecule has 0 unspecified atom stereocenters. The highest BCUT2D eigenvalue weighted by atomic mass is 32.1. The van der Waals surface area contributed by atoms with E-state index >= 15 is 0 Å². The molecule has 0 aliphatic heterocycles. The molecule has 0 aliphatic carbocycles. The maximum absolute atomic E-state index is 5.08. The van der Waals surface area contributed by atoms with E-state index in [0.29, 0.717) is 0 Å². The first kappa shape index (κ1) is 8.47. The summed E-state index contributed by atoms with van der Waals surface area (Å²) >= 11 is 4.15. The molecule has 1 rings (SSSR count). The molecule has 0 aromatic heterocycles. The smallest absolute Gasteiger partial charge is 0.119 e. The van der Waals surface area contributed by atoms with Gasteiger partial charge in [-0.25, -0.2) is 0 Å². The molecule has 0 fully saturated rings. The van der Waals surface area contributed by atoms with Gasteiger partial charge in [0.2, 0.25) is 0 Å². The van der Waals surface area contributed by atoms with Crippen LogP contribution in [0.2, 0.25) is 0 Å². The second-order valence-corrected chi connectivity index (χ2v) is 2.77. The van der Waals surface area contributed by atoms with Gasteiger partial charge in [-0.2, -0.15) is 12.6 Å². The molecule has 0 radical (unpaired) electrons. The van der Waals surface area contributed by atoms with Crippen LogP contribution in [-0.4, -0.2) is 12.9 Å². The summed E-state index contributed by atoms with van der Waals surface area (Å²) in [6.07, 6.45) is 1.00. The van der Waals surface area contributed by atoms with Gasteiger partial charge in [-0.1, -0.05) is 12.1 Å². The number of rotatable bonds is 3. The molecule has 0 N–H and O–H groups in total. The summed E-state index contributed by atoms with van der Waals surface area (Å²) in [6, 6.07) is 8.06. The molecule has 0 aliphatic rings. The van der Waals surface area contributed by atoms with Crippen LogP contribution in [0.15, 0.2) is 24.3 Å². The summed E-state index contributed by atoms with van der Waals surface area (Å²) in [7, 11) is 1.68. The molecule has 60 valence electrons. The van der Waals surface area contributed by atoms with Gasteiger partial charge in [-0.15, -0.1) is 0 Å². The van der Waals surface area contributed by atoms with Crippen LogP contribution in [0.1, 0.15) is 5.56 Å². The zero-order valence-corrected chi connectivity index (χ0v) is 7.47. The first-order chi connectivity index (χ1) is 5.36. The quantitative estimate of drug-likeness (QED) is 0.680.